The van der Waals surface area contributed by atoms with Crippen LogP contribution in [0.3, 0.4) is 0 Å². The van der Waals surface area contributed by atoms with Gasteiger partial charge in [-0.05, 0) is 23.7 Å². The van der Waals surface area contributed by atoms with E-state index in [9.17, 15) is 10.1 Å². The highest BCUT2D eigenvalue weighted by atomic mass is 32.2. The molecule has 0 radical (unpaired) electrons. The molecule has 0 aliphatic rings. The molecule has 0 aliphatic heterocycles. The van der Waals surface area contributed by atoms with Gasteiger partial charge in [0.15, 0.2) is 0 Å². The lowest BCUT2D eigenvalue weighted by Gasteiger charge is -2.03. The van der Waals surface area contributed by atoms with Crippen molar-refractivity contribution in [1.29, 1.82) is 10.5 Å². The first-order chi connectivity index (χ1) is 7.67. The van der Waals surface area contributed by atoms with Crippen LogP contribution in [-0.2, 0) is 6.42 Å². The smallest absolute Gasteiger partial charge is 0.258 e. The number of thiocyanates is 1. The zero-order chi connectivity index (χ0) is 12.0. The molecule has 5 nitrogen and oxygen atoms in total. The Hall–Kier alpha value is -2.05. The third kappa shape index (κ3) is 3.26. The summed E-state index contributed by atoms with van der Waals surface area (Å²) in [5.74, 6) is 0. The number of nitro benzene ring substituents is 1. The summed E-state index contributed by atoms with van der Waals surface area (Å²) in [6.07, 6.45) is 0.330. The van der Waals surface area contributed by atoms with Crippen LogP contribution < -0.4 is 0 Å². The van der Waals surface area contributed by atoms with Crippen LogP contribution in [0, 0.1) is 32.1 Å². The van der Waals surface area contributed by atoms with E-state index in [4.69, 9.17) is 10.5 Å². The molecule has 0 fully saturated rings. The van der Waals surface area contributed by atoms with Gasteiger partial charge in [0.05, 0.1) is 11.0 Å². The van der Waals surface area contributed by atoms with Gasteiger partial charge in [0, 0.05) is 12.1 Å². The van der Waals surface area contributed by atoms with Gasteiger partial charge in [0.1, 0.15) is 10.7 Å². The lowest BCUT2D eigenvalue weighted by molar-refractivity contribution is -0.384. The van der Waals surface area contributed by atoms with Gasteiger partial charge in [0.25, 0.3) is 5.69 Å². The Morgan fingerprint density at radius 1 is 1.50 bits per heavy atom. The molecule has 6 heteroatoms. The van der Waals surface area contributed by atoms with Crippen molar-refractivity contribution >= 4 is 17.4 Å². The molecule has 0 aromatic heterocycles. The quantitative estimate of drug-likeness (QED) is 0.452. The van der Waals surface area contributed by atoms with Crippen LogP contribution in [0.1, 0.15) is 5.56 Å². The van der Waals surface area contributed by atoms with Gasteiger partial charge in [-0.1, -0.05) is 12.1 Å². The topological polar surface area (TPSA) is 90.7 Å². The van der Waals surface area contributed by atoms with Crippen molar-refractivity contribution in [1.82, 2.24) is 0 Å². The Balaban J connectivity index is 2.82. The first-order valence-electron chi connectivity index (χ1n) is 4.35. The molecule has 0 N–H and O–H groups in total. The van der Waals surface area contributed by atoms with Crippen LogP contribution in [-0.4, -0.2) is 10.2 Å². The summed E-state index contributed by atoms with van der Waals surface area (Å²) in [7, 11) is 0. The predicted octanol–water partition coefficient (Wildman–Crippen LogP) is 2.24. The van der Waals surface area contributed by atoms with Crippen LogP contribution in [0.5, 0.6) is 0 Å². The van der Waals surface area contributed by atoms with Crippen LogP contribution in [0.4, 0.5) is 5.69 Å². The van der Waals surface area contributed by atoms with E-state index in [1.165, 1.54) is 12.1 Å². The Bertz CT molecular complexity index is 476. The Morgan fingerprint density at radius 3 is 2.81 bits per heavy atom. The third-order valence-electron chi connectivity index (χ3n) is 1.88. The summed E-state index contributed by atoms with van der Waals surface area (Å²) in [6, 6.07) is 8.05. The second-order valence-corrected chi connectivity index (χ2v) is 3.95. The van der Waals surface area contributed by atoms with Gasteiger partial charge in [-0.3, -0.25) is 10.1 Å². The van der Waals surface area contributed by atoms with Crippen LogP contribution >= 0.6 is 11.8 Å². The number of nitrogens with zero attached hydrogens (tertiary/aromatic N) is 3. The minimum Gasteiger partial charge on any atom is -0.258 e. The molecule has 16 heavy (non-hydrogen) atoms. The minimum absolute atomic E-state index is 0.00357. The molecule has 1 unspecified atom stereocenters. The number of hydrogen-bond donors (Lipinski definition) is 0. The highest BCUT2D eigenvalue weighted by Gasteiger charge is 2.11. The Labute approximate surface area is 96.5 Å². The van der Waals surface area contributed by atoms with Crippen LogP contribution in [0.15, 0.2) is 24.3 Å². The van der Waals surface area contributed by atoms with Crippen molar-refractivity contribution in [3.63, 3.8) is 0 Å². The van der Waals surface area contributed by atoms with Gasteiger partial charge >= 0.3 is 0 Å². The summed E-state index contributed by atoms with van der Waals surface area (Å²) in [6.45, 7) is 0. The highest BCUT2D eigenvalue weighted by molar-refractivity contribution is 8.04. The van der Waals surface area contributed by atoms with E-state index in [1.807, 2.05) is 11.5 Å². The molecule has 0 bridgehead atoms. The van der Waals surface area contributed by atoms with Crippen LogP contribution in [0.25, 0.3) is 0 Å². The van der Waals surface area contributed by atoms with Crippen molar-refractivity contribution in [2.24, 2.45) is 0 Å². The average Bonchev–Trinajstić information content (AvgIpc) is 2.29. The largest absolute Gasteiger partial charge is 0.269 e. The molecule has 1 aromatic rings. The maximum absolute atomic E-state index is 10.5. The predicted molar refractivity (Wildman–Crippen MR) is 59.4 cm³/mol. The number of hydrogen-bond acceptors (Lipinski definition) is 5. The standard InChI is InChI=1S/C10H7N3O2S/c11-6-10(16-7-12)5-8-2-1-3-9(4-8)13(14)15/h1-4,10H,5H2. The minimum atomic E-state index is -0.494. The molecule has 1 atom stereocenters. The molecular weight excluding hydrogens is 226 g/mol. The second-order valence-electron chi connectivity index (χ2n) is 2.96. The Morgan fingerprint density at radius 2 is 2.25 bits per heavy atom. The second kappa shape index (κ2) is 5.74. The fraction of sp³-hybridized carbons (Fsp3) is 0.200. The van der Waals surface area contributed by atoms with E-state index < -0.39 is 10.2 Å². The van der Waals surface area contributed by atoms with Crippen molar-refractivity contribution in [3.05, 3.63) is 39.9 Å². The molecular formula is C10H7N3O2S. The number of nitriles is 2. The summed E-state index contributed by atoms with van der Waals surface area (Å²) < 4.78 is 0. The van der Waals surface area contributed by atoms with E-state index in [-0.39, 0.29) is 5.69 Å². The SMILES string of the molecule is N#CSC(C#N)Cc1cccc([N+](=O)[O-])c1. The molecule has 1 rings (SSSR count). The van der Waals surface area contributed by atoms with Gasteiger partial charge in [0.2, 0.25) is 0 Å². The lowest BCUT2D eigenvalue weighted by Crippen LogP contribution is -2.03. The van der Waals surface area contributed by atoms with Crippen LogP contribution in [0.2, 0.25) is 0 Å². The fourth-order valence-corrected chi connectivity index (χ4v) is 1.64. The number of nitro groups is 1. The molecule has 0 aliphatic carbocycles. The number of non-ortho nitro benzene ring substituents is 1. The first-order valence-corrected chi connectivity index (χ1v) is 5.23. The lowest BCUT2D eigenvalue weighted by atomic mass is 10.1. The van der Waals surface area contributed by atoms with Gasteiger partial charge < -0.3 is 0 Å². The average molecular weight is 233 g/mol. The molecule has 0 saturated heterocycles. The van der Waals surface area contributed by atoms with Crippen molar-refractivity contribution in [2.45, 2.75) is 11.7 Å². The van der Waals surface area contributed by atoms with E-state index in [2.05, 4.69) is 0 Å². The number of rotatable bonds is 4. The normalized spacial score (nSPS) is 11.1. The van der Waals surface area contributed by atoms with Crippen molar-refractivity contribution in [2.75, 3.05) is 0 Å². The summed E-state index contributed by atoms with van der Waals surface area (Å²) in [4.78, 5) is 10.0. The number of thioether (sulfide) groups is 1. The van der Waals surface area contributed by atoms with E-state index in [0.717, 1.165) is 11.8 Å². The van der Waals surface area contributed by atoms with E-state index >= 15 is 0 Å². The maximum Gasteiger partial charge on any atom is 0.269 e. The first kappa shape index (κ1) is 12.0. The van der Waals surface area contributed by atoms with E-state index in [0.29, 0.717) is 12.0 Å². The maximum atomic E-state index is 10.5. The third-order valence-corrected chi connectivity index (χ3v) is 2.54. The van der Waals surface area contributed by atoms with Gasteiger partial charge in [-0.2, -0.15) is 10.5 Å². The van der Waals surface area contributed by atoms with Crippen molar-refractivity contribution in [3.8, 4) is 11.5 Å². The fourth-order valence-electron chi connectivity index (χ4n) is 1.19. The molecule has 0 amide bonds. The van der Waals surface area contributed by atoms with Crippen molar-refractivity contribution < 1.29 is 4.92 Å². The molecule has 80 valence electrons. The zero-order valence-electron chi connectivity index (χ0n) is 8.16. The summed E-state index contributed by atoms with van der Waals surface area (Å²) in [5, 5.41) is 29.0. The highest BCUT2D eigenvalue weighted by Crippen LogP contribution is 2.18. The number of benzene rings is 1. The molecule has 0 spiro atoms. The van der Waals surface area contributed by atoms with E-state index in [1.54, 1.807) is 12.1 Å². The Kier molecular flexibility index (Phi) is 4.31. The zero-order valence-corrected chi connectivity index (χ0v) is 8.98. The molecule has 0 heterocycles. The van der Waals surface area contributed by atoms with Gasteiger partial charge in [-0.25, -0.2) is 0 Å². The monoisotopic (exact) mass is 233 g/mol. The summed E-state index contributed by atoms with van der Waals surface area (Å²) in [5.41, 5.74) is 0.680. The molecule has 0 saturated carbocycles. The molecule has 1 aromatic carbocycles. The summed E-state index contributed by atoms with van der Waals surface area (Å²) >= 11 is 0.860. The van der Waals surface area contributed by atoms with Gasteiger partial charge in [-0.15, -0.1) is 0 Å².